The van der Waals surface area contributed by atoms with E-state index in [1.807, 2.05) is 0 Å². The molecule has 0 radical (unpaired) electrons. The molecule has 0 unspecified atom stereocenters. The summed E-state index contributed by atoms with van der Waals surface area (Å²) in [6.45, 7) is 7.75. The zero-order chi connectivity index (χ0) is 15.8. The Hall–Kier alpha value is -0.780. The van der Waals surface area contributed by atoms with Gasteiger partial charge in [0.15, 0.2) is 11.5 Å². The van der Waals surface area contributed by atoms with E-state index >= 15 is 0 Å². The van der Waals surface area contributed by atoms with Gasteiger partial charge in [0, 0.05) is 13.1 Å². The van der Waals surface area contributed by atoms with Crippen molar-refractivity contribution in [2.45, 2.75) is 26.2 Å². The van der Waals surface area contributed by atoms with Gasteiger partial charge in [0.25, 0.3) is 0 Å². The van der Waals surface area contributed by atoms with E-state index in [0.29, 0.717) is 6.61 Å². The molecule has 2 rings (SSSR count). The van der Waals surface area contributed by atoms with Crippen LogP contribution in [0.2, 0.25) is 0 Å². The van der Waals surface area contributed by atoms with E-state index in [0.717, 1.165) is 68.1 Å². The maximum atomic E-state index is 5.77. The summed E-state index contributed by atoms with van der Waals surface area (Å²) in [6.07, 6.45) is 3.17. The second-order valence-electron chi connectivity index (χ2n) is 5.52. The summed E-state index contributed by atoms with van der Waals surface area (Å²) in [5.74, 6) is 1.62. The molecule has 1 aromatic carbocycles. The van der Waals surface area contributed by atoms with Crippen LogP contribution in [0.1, 0.15) is 25.3 Å². The molecule has 5 heteroatoms. The summed E-state index contributed by atoms with van der Waals surface area (Å²) in [7, 11) is 1.69. The van der Waals surface area contributed by atoms with Crippen LogP contribution in [0.5, 0.6) is 11.5 Å². The highest BCUT2D eigenvalue weighted by molar-refractivity contribution is 9.10. The summed E-state index contributed by atoms with van der Waals surface area (Å²) in [6, 6.07) is 4.24. The fraction of sp³-hybridized carbons (Fsp3) is 0.647. The number of benzene rings is 1. The molecular formula is C17H26BrNO3. The number of hydrogen-bond donors (Lipinski definition) is 0. The Balaban J connectivity index is 1.91. The molecule has 4 nitrogen and oxygen atoms in total. The summed E-state index contributed by atoms with van der Waals surface area (Å²) >= 11 is 3.61. The quantitative estimate of drug-likeness (QED) is 0.699. The van der Waals surface area contributed by atoms with Crippen molar-refractivity contribution in [3.63, 3.8) is 0 Å². The molecule has 0 spiro atoms. The Morgan fingerprint density at radius 2 is 2.05 bits per heavy atom. The van der Waals surface area contributed by atoms with Crippen molar-refractivity contribution in [3.05, 3.63) is 22.2 Å². The van der Waals surface area contributed by atoms with Gasteiger partial charge in [-0.3, -0.25) is 4.90 Å². The lowest BCUT2D eigenvalue weighted by Gasteiger charge is -2.26. The average Bonchev–Trinajstić information content (AvgIpc) is 2.54. The van der Waals surface area contributed by atoms with Gasteiger partial charge >= 0.3 is 0 Å². The summed E-state index contributed by atoms with van der Waals surface area (Å²) < 4.78 is 17.6. The maximum Gasteiger partial charge on any atom is 0.175 e. The number of aryl methyl sites for hydroxylation is 1. The van der Waals surface area contributed by atoms with Gasteiger partial charge < -0.3 is 14.2 Å². The number of methoxy groups -OCH3 is 1. The van der Waals surface area contributed by atoms with Gasteiger partial charge in [-0.2, -0.15) is 0 Å². The summed E-state index contributed by atoms with van der Waals surface area (Å²) in [5.41, 5.74) is 1.28. The highest BCUT2D eigenvalue weighted by Gasteiger charge is 2.13. The zero-order valence-electron chi connectivity index (χ0n) is 13.6. The van der Waals surface area contributed by atoms with E-state index in [-0.39, 0.29) is 0 Å². The van der Waals surface area contributed by atoms with Crippen molar-refractivity contribution in [1.29, 1.82) is 0 Å². The minimum atomic E-state index is 0.700. The fourth-order valence-electron chi connectivity index (χ4n) is 2.59. The zero-order valence-corrected chi connectivity index (χ0v) is 15.2. The van der Waals surface area contributed by atoms with Crippen molar-refractivity contribution >= 4 is 15.9 Å². The molecule has 1 aliphatic heterocycles. The molecule has 124 valence electrons. The lowest BCUT2D eigenvalue weighted by atomic mass is 10.1. The topological polar surface area (TPSA) is 30.9 Å². The molecule has 0 aromatic heterocycles. The fourth-order valence-corrected chi connectivity index (χ4v) is 3.20. The number of rotatable bonds is 8. The number of halogens is 1. The Bertz CT molecular complexity index is 461. The van der Waals surface area contributed by atoms with Crippen LogP contribution in [0.3, 0.4) is 0 Å². The van der Waals surface area contributed by atoms with Crippen LogP contribution in [0, 0.1) is 0 Å². The standard InChI is InChI=1S/C17H26BrNO3/c1-3-9-22-17-15(18)12-14(13-16(17)20-2)5-4-6-19-7-10-21-11-8-19/h12-13H,3-11H2,1-2H3. The Morgan fingerprint density at radius 3 is 2.73 bits per heavy atom. The first-order valence-electron chi connectivity index (χ1n) is 8.04. The van der Waals surface area contributed by atoms with E-state index in [9.17, 15) is 0 Å². The molecule has 0 aliphatic carbocycles. The summed E-state index contributed by atoms with van der Waals surface area (Å²) in [5, 5.41) is 0. The molecule has 0 atom stereocenters. The number of nitrogens with zero attached hydrogens (tertiary/aromatic N) is 1. The van der Waals surface area contributed by atoms with Gasteiger partial charge in [0.2, 0.25) is 0 Å². The van der Waals surface area contributed by atoms with Gasteiger partial charge in [-0.1, -0.05) is 6.92 Å². The minimum absolute atomic E-state index is 0.700. The van der Waals surface area contributed by atoms with Crippen LogP contribution in [0.15, 0.2) is 16.6 Å². The van der Waals surface area contributed by atoms with Crippen molar-refractivity contribution < 1.29 is 14.2 Å². The second-order valence-corrected chi connectivity index (χ2v) is 6.37. The summed E-state index contributed by atoms with van der Waals surface area (Å²) in [4.78, 5) is 2.47. The molecule has 1 heterocycles. The maximum absolute atomic E-state index is 5.77. The molecule has 0 bridgehead atoms. The molecule has 22 heavy (non-hydrogen) atoms. The third kappa shape index (κ3) is 5.14. The third-order valence-corrected chi connectivity index (χ3v) is 4.37. The molecule has 1 aromatic rings. The van der Waals surface area contributed by atoms with Gasteiger partial charge in [0.1, 0.15) is 0 Å². The van der Waals surface area contributed by atoms with E-state index in [1.165, 1.54) is 5.56 Å². The van der Waals surface area contributed by atoms with Crippen LogP contribution in [-0.4, -0.2) is 51.5 Å². The molecule has 0 amide bonds. The molecule has 1 saturated heterocycles. The number of ether oxygens (including phenoxy) is 3. The normalized spacial score (nSPS) is 15.8. The molecular weight excluding hydrogens is 346 g/mol. The molecule has 1 fully saturated rings. The van der Waals surface area contributed by atoms with Crippen molar-refractivity contribution in [2.75, 3.05) is 46.6 Å². The first-order valence-corrected chi connectivity index (χ1v) is 8.83. The van der Waals surface area contributed by atoms with Crippen LogP contribution >= 0.6 is 15.9 Å². The van der Waals surface area contributed by atoms with Crippen molar-refractivity contribution in [1.82, 2.24) is 4.90 Å². The lowest BCUT2D eigenvalue weighted by Crippen LogP contribution is -2.36. The SMILES string of the molecule is CCCOc1c(Br)cc(CCCN2CCOCC2)cc1OC. The van der Waals surface area contributed by atoms with E-state index < -0.39 is 0 Å². The first kappa shape index (κ1) is 17.6. The molecule has 0 N–H and O–H groups in total. The van der Waals surface area contributed by atoms with Gasteiger partial charge in [0.05, 0.1) is 31.4 Å². The Labute approximate surface area is 141 Å². The van der Waals surface area contributed by atoms with Gasteiger partial charge in [-0.05, 0) is 59.4 Å². The minimum Gasteiger partial charge on any atom is -0.493 e. The second kappa shape index (κ2) is 9.38. The monoisotopic (exact) mass is 371 g/mol. The van der Waals surface area contributed by atoms with Crippen LogP contribution in [-0.2, 0) is 11.2 Å². The Kier molecular flexibility index (Phi) is 7.49. The predicted octanol–water partition coefficient (Wildman–Crippen LogP) is 3.51. The average molecular weight is 372 g/mol. The van der Waals surface area contributed by atoms with Gasteiger partial charge in [-0.15, -0.1) is 0 Å². The number of hydrogen-bond acceptors (Lipinski definition) is 4. The van der Waals surface area contributed by atoms with Crippen molar-refractivity contribution in [3.8, 4) is 11.5 Å². The third-order valence-electron chi connectivity index (χ3n) is 3.78. The predicted molar refractivity (Wildman–Crippen MR) is 92.1 cm³/mol. The highest BCUT2D eigenvalue weighted by Crippen LogP contribution is 2.37. The lowest BCUT2D eigenvalue weighted by molar-refractivity contribution is 0.0374. The highest BCUT2D eigenvalue weighted by atomic mass is 79.9. The molecule has 0 saturated carbocycles. The van der Waals surface area contributed by atoms with Crippen LogP contribution < -0.4 is 9.47 Å². The van der Waals surface area contributed by atoms with E-state index in [2.05, 4.69) is 39.9 Å². The Morgan fingerprint density at radius 1 is 1.27 bits per heavy atom. The number of morpholine rings is 1. The van der Waals surface area contributed by atoms with Crippen LogP contribution in [0.25, 0.3) is 0 Å². The van der Waals surface area contributed by atoms with Crippen LogP contribution in [0.4, 0.5) is 0 Å². The van der Waals surface area contributed by atoms with E-state index in [1.54, 1.807) is 7.11 Å². The van der Waals surface area contributed by atoms with E-state index in [4.69, 9.17) is 14.2 Å². The molecule has 1 aliphatic rings. The first-order chi connectivity index (χ1) is 10.7. The largest absolute Gasteiger partial charge is 0.493 e. The van der Waals surface area contributed by atoms with Crippen molar-refractivity contribution in [2.24, 2.45) is 0 Å². The van der Waals surface area contributed by atoms with Gasteiger partial charge in [-0.25, -0.2) is 0 Å². The smallest absolute Gasteiger partial charge is 0.175 e.